The lowest BCUT2D eigenvalue weighted by Crippen LogP contribution is -3.13. The highest BCUT2D eigenvalue weighted by molar-refractivity contribution is 6.37. The molecule has 0 aliphatic carbocycles. The van der Waals surface area contributed by atoms with Crippen LogP contribution in [-0.2, 0) is 0 Å². The third-order valence-corrected chi connectivity index (χ3v) is 3.67. The zero-order valence-electron chi connectivity index (χ0n) is 12.2. The second kappa shape index (κ2) is 9.46. The molecule has 1 aromatic rings. The van der Waals surface area contributed by atoms with Gasteiger partial charge in [0.2, 0.25) is 0 Å². The Morgan fingerprint density at radius 1 is 1.15 bits per heavy atom. The van der Waals surface area contributed by atoms with E-state index in [1.54, 1.807) is 18.2 Å². The summed E-state index contributed by atoms with van der Waals surface area (Å²) in [5.41, 5.74) is 0. The van der Waals surface area contributed by atoms with Crippen molar-refractivity contribution in [2.24, 2.45) is 0 Å². The molecule has 1 aromatic carbocycles. The molecule has 0 fully saturated rings. The first-order chi connectivity index (χ1) is 9.58. The van der Waals surface area contributed by atoms with E-state index < -0.39 is 6.10 Å². The highest BCUT2D eigenvalue weighted by atomic mass is 35.5. The lowest BCUT2D eigenvalue weighted by Gasteiger charge is -2.21. The Balaban J connectivity index is 2.48. The van der Waals surface area contributed by atoms with Gasteiger partial charge in [-0.05, 0) is 25.0 Å². The van der Waals surface area contributed by atoms with Crippen LogP contribution in [0.1, 0.15) is 26.7 Å². The fourth-order valence-corrected chi connectivity index (χ4v) is 2.73. The van der Waals surface area contributed by atoms with Crippen molar-refractivity contribution in [2.75, 3.05) is 26.2 Å². The number of rotatable bonds is 9. The van der Waals surface area contributed by atoms with Crippen molar-refractivity contribution >= 4 is 23.2 Å². The van der Waals surface area contributed by atoms with Crippen LogP contribution in [0.4, 0.5) is 0 Å². The quantitative estimate of drug-likeness (QED) is 0.732. The standard InChI is InChI=1S/C15H23Cl2NO2/c1-3-8-18(9-4-2)10-12(19)11-20-15-13(16)6-5-7-14(15)17/h5-7,12,19H,3-4,8-11H2,1-2H3/p+1/t12-/m0/s1. The van der Waals surface area contributed by atoms with Crippen LogP contribution in [0.2, 0.25) is 10.0 Å². The molecule has 20 heavy (non-hydrogen) atoms. The summed E-state index contributed by atoms with van der Waals surface area (Å²) >= 11 is 12.0. The first kappa shape index (κ1) is 17.6. The zero-order valence-corrected chi connectivity index (χ0v) is 13.7. The molecule has 5 heteroatoms. The smallest absolute Gasteiger partial charge is 0.156 e. The van der Waals surface area contributed by atoms with Gasteiger partial charge in [0.15, 0.2) is 5.75 Å². The number of nitrogens with one attached hydrogen (secondary N) is 1. The molecule has 0 aliphatic rings. The molecule has 0 saturated carbocycles. The molecule has 0 radical (unpaired) electrons. The van der Waals surface area contributed by atoms with Crippen LogP contribution in [0.15, 0.2) is 18.2 Å². The van der Waals surface area contributed by atoms with Crippen LogP contribution in [0.25, 0.3) is 0 Å². The summed E-state index contributed by atoms with van der Waals surface area (Å²) in [6, 6.07) is 5.21. The third kappa shape index (κ3) is 5.88. The number of hydrogen-bond acceptors (Lipinski definition) is 2. The molecular weight excluding hydrogens is 297 g/mol. The predicted molar refractivity (Wildman–Crippen MR) is 84.1 cm³/mol. The summed E-state index contributed by atoms with van der Waals surface area (Å²) in [4.78, 5) is 1.40. The van der Waals surface area contributed by atoms with Gasteiger partial charge in [-0.15, -0.1) is 0 Å². The number of halogens is 2. The number of hydrogen-bond donors (Lipinski definition) is 2. The lowest BCUT2D eigenvalue weighted by molar-refractivity contribution is -0.903. The maximum atomic E-state index is 10.1. The molecule has 114 valence electrons. The Labute approximate surface area is 131 Å². The molecular formula is C15H24Cl2NO2+. The molecule has 0 saturated heterocycles. The van der Waals surface area contributed by atoms with E-state index in [4.69, 9.17) is 27.9 Å². The molecule has 0 spiro atoms. The highest BCUT2D eigenvalue weighted by Gasteiger charge is 2.16. The van der Waals surface area contributed by atoms with E-state index in [9.17, 15) is 5.11 Å². The molecule has 2 N–H and O–H groups in total. The van der Waals surface area contributed by atoms with Gasteiger partial charge in [0, 0.05) is 0 Å². The van der Waals surface area contributed by atoms with Crippen LogP contribution >= 0.6 is 23.2 Å². The fraction of sp³-hybridized carbons (Fsp3) is 0.600. The van der Waals surface area contributed by atoms with Crippen molar-refractivity contribution in [3.63, 3.8) is 0 Å². The van der Waals surface area contributed by atoms with Crippen molar-refractivity contribution in [3.8, 4) is 5.75 Å². The van der Waals surface area contributed by atoms with Gasteiger partial charge in [0.05, 0.1) is 23.1 Å². The Bertz CT molecular complexity index is 375. The number of aliphatic hydroxyl groups excluding tert-OH is 1. The van der Waals surface area contributed by atoms with Gasteiger partial charge < -0.3 is 14.7 Å². The number of quaternary nitrogens is 1. The molecule has 0 aromatic heterocycles. The van der Waals surface area contributed by atoms with E-state index >= 15 is 0 Å². The molecule has 0 aliphatic heterocycles. The van der Waals surface area contributed by atoms with Crippen molar-refractivity contribution in [2.45, 2.75) is 32.8 Å². The average Bonchev–Trinajstić information content (AvgIpc) is 2.38. The maximum absolute atomic E-state index is 10.1. The van der Waals surface area contributed by atoms with Crippen LogP contribution in [-0.4, -0.2) is 37.5 Å². The van der Waals surface area contributed by atoms with Gasteiger partial charge in [-0.2, -0.15) is 0 Å². The lowest BCUT2D eigenvalue weighted by atomic mass is 10.3. The molecule has 0 bridgehead atoms. The Morgan fingerprint density at radius 3 is 2.20 bits per heavy atom. The number of benzene rings is 1. The Morgan fingerprint density at radius 2 is 1.70 bits per heavy atom. The minimum atomic E-state index is -0.518. The van der Waals surface area contributed by atoms with Crippen molar-refractivity contribution in [1.82, 2.24) is 0 Å². The van der Waals surface area contributed by atoms with Crippen molar-refractivity contribution in [1.29, 1.82) is 0 Å². The van der Waals surface area contributed by atoms with Gasteiger partial charge in [0.1, 0.15) is 19.3 Å². The first-order valence-corrected chi connectivity index (χ1v) is 7.92. The second-order valence-corrected chi connectivity index (χ2v) is 5.78. The highest BCUT2D eigenvalue weighted by Crippen LogP contribution is 2.32. The summed E-state index contributed by atoms with van der Waals surface area (Å²) in [7, 11) is 0. The van der Waals surface area contributed by atoms with Gasteiger partial charge in [-0.1, -0.05) is 43.1 Å². The molecule has 0 heterocycles. The normalized spacial score (nSPS) is 12.7. The number of aliphatic hydroxyl groups is 1. The monoisotopic (exact) mass is 320 g/mol. The van der Waals surface area contributed by atoms with Gasteiger partial charge >= 0.3 is 0 Å². The van der Waals surface area contributed by atoms with Gasteiger partial charge in [-0.25, -0.2) is 0 Å². The summed E-state index contributed by atoms with van der Waals surface area (Å²) in [5, 5.41) is 11.0. The Kier molecular flexibility index (Phi) is 8.31. The molecule has 1 atom stereocenters. The topological polar surface area (TPSA) is 33.9 Å². The van der Waals surface area contributed by atoms with Crippen LogP contribution in [0.5, 0.6) is 5.75 Å². The van der Waals surface area contributed by atoms with E-state index in [-0.39, 0.29) is 6.61 Å². The average molecular weight is 321 g/mol. The number of para-hydroxylation sites is 1. The van der Waals surface area contributed by atoms with E-state index in [2.05, 4.69) is 13.8 Å². The van der Waals surface area contributed by atoms with Crippen LogP contribution in [0.3, 0.4) is 0 Å². The van der Waals surface area contributed by atoms with E-state index in [1.165, 1.54) is 4.90 Å². The minimum Gasteiger partial charge on any atom is -0.488 e. The van der Waals surface area contributed by atoms with Crippen LogP contribution in [0, 0.1) is 0 Å². The predicted octanol–water partition coefficient (Wildman–Crippen LogP) is 2.44. The zero-order chi connectivity index (χ0) is 15.0. The fourth-order valence-electron chi connectivity index (χ4n) is 2.23. The number of ether oxygens (including phenoxy) is 1. The summed E-state index contributed by atoms with van der Waals surface area (Å²) < 4.78 is 5.56. The largest absolute Gasteiger partial charge is 0.488 e. The van der Waals surface area contributed by atoms with Gasteiger partial charge in [0.25, 0.3) is 0 Å². The summed E-state index contributed by atoms with van der Waals surface area (Å²) in [5.74, 6) is 0.447. The maximum Gasteiger partial charge on any atom is 0.156 e. The molecule has 0 amide bonds. The second-order valence-electron chi connectivity index (χ2n) is 4.97. The van der Waals surface area contributed by atoms with Crippen LogP contribution < -0.4 is 9.64 Å². The van der Waals surface area contributed by atoms with E-state index in [0.29, 0.717) is 22.3 Å². The van der Waals surface area contributed by atoms with Crippen molar-refractivity contribution in [3.05, 3.63) is 28.2 Å². The van der Waals surface area contributed by atoms with E-state index in [1.807, 2.05) is 0 Å². The minimum absolute atomic E-state index is 0.209. The van der Waals surface area contributed by atoms with Gasteiger partial charge in [-0.3, -0.25) is 0 Å². The SMILES string of the molecule is CCC[NH+](CCC)C[C@H](O)COc1c(Cl)cccc1Cl. The summed E-state index contributed by atoms with van der Waals surface area (Å²) in [6.07, 6.45) is 1.70. The summed E-state index contributed by atoms with van der Waals surface area (Å²) in [6.45, 7) is 7.34. The Hall–Kier alpha value is -0.480. The molecule has 3 nitrogen and oxygen atoms in total. The van der Waals surface area contributed by atoms with E-state index in [0.717, 1.165) is 25.9 Å². The third-order valence-electron chi connectivity index (χ3n) is 3.07. The first-order valence-electron chi connectivity index (χ1n) is 7.16. The molecule has 1 rings (SSSR count). The molecule has 0 unspecified atom stereocenters. The van der Waals surface area contributed by atoms with Crippen molar-refractivity contribution < 1.29 is 14.7 Å².